The summed E-state index contributed by atoms with van der Waals surface area (Å²) in [7, 11) is 0. The summed E-state index contributed by atoms with van der Waals surface area (Å²) in [4.78, 5) is 11.3. The van der Waals surface area contributed by atoms with Crippen LogP contribution in [0.15, 0.2) is 36.5 Å². The van der Waals surface area contributed by atoms with Gasteiger partial charge in [-0.25, -0.2) is 4.98 Å². The Labute approximate surface area is 126 Å². The molecule has 21 heavy (non-hydrogen) atoms. The highest BCUT2D eigenvalue weighted by Gasteiger charge is 2.17. The second kappa shape index (κ2) is 6.12. The molecule has 1 aromatic carbocycles. The van der Waals surface area contributed by atoms with E-state index in [9.17, 15) is 0 Å². The summed E-state index contributed by atoms with van der Waals surface area (Å²) in [5, 5.41) is 3.27. The summed E-state index contributed by atoms with van der Waals surface area (Å²) in [5.41, 5.74) is 2.27. The highest BCUT2D eigenvalue weighted by Crippen LogP contribution is 2.22. The largest absolute Gasteiger partial charge is 0.356 e. The van der Waals surface area contributed by atoms with Gasteiger partial charge in [-0.3, -0.25) is 0 Å². The van der Waals surface area contributed by atoms with Gasteiger partial charge in [-0.15, -0.1) is 0 Å². The van der Waals surface area contributed by atoms with Crippen LogP contribution in [0.4, 0.5) is 17.5 Å². The smallest absolute Gasteiger partial charge is 0.229 e. The number of aryl methyl sites for hydroxylation is 1. The van der Waals surface area contributed by atoms with Gasteiger partial charge in [-0.05, 0) is 43.9 Å². The van der Waals surface area contributed by atoms with Gasteiger partial charge < -0.3 is 10.2 Å². The van der Waals surface area contributed by atoms with Crippen molar-refractivity contribution in [2.24, 2.45) is 5.92 Å². The molecule has 110 valence electrons. The Morgan fingerprint density at radius 1 is 1.19 bits per heavy atom. The molecule has 1 unspecified atom stereocenters. The second-order valence-electron chi connectivity index (χ2n) is 5.92. The first-order chi connectivity index (χ1) is 10.2. The van der Waals surface area contributed by atoms with Crippen molar-refractivity contribution in [3.05, 3.63) is 42.1 Å². The molecule has 0 amide bonds. The van der Waals surface area contributed by atoms with Gasteiger partial charge >= 0.3 is 0 Å². The first kappa shape index (κ1) is 13.9. The fourth-order valence-corrected chi connectivity index (χ4v) is 2.75. The van der Waals surface area contributed by atoms with Crippen LogP contribution in [0.5, 0.6) is 0 Å². The molecule has 1 aliphatic heterocycles. The lowest BCUT2D eigenvalue weighted by Gasteiger charge is -2.31. The van der Waals surface area contributed by atoms with E-state index in [1.54, 1.807) is 0 Å². The third kappa shape index (κ3) is 3.51. The van der Waals surface area contributed by atoms with Crippen LogP contribution in [0.2, 0.25) is 0 Å². The Morgan fingerprint density at radius 2 is 2.00 bits per heavy atom. The van der Waals surface area contributed by atoms with Crippen molar-refractivity contribution in [3.8, 4) is 0 Å². The van der Waals surface area contributed by atoms with Crippen molar-refractivity contribution in [1.29, 1.82) is 0 Å². The standard InChI is InChI=1S/C17H22N4/c1-13-5-7-15(8-6-13)19-17-18-10-9-16(20-17)21-11-3-4-14(2)12-21/h5-10,14H,3-4,11-12H2,1-2H3,(H,18,19,20). The molecule has 0 bridgehead atoms. The quantitative estimate of drug-likeness (QED) is 0.930. The SMILES string of the molecule is Cc1ccc(Nc2nccc(N3CCCC(C)C3)n2)cc1. The number of nitrogens with one attached hydrogen (secondary N) is 1. The van der Waals surface area contributed by atoms with Crippen LogP contribution in [-0.4, -0.2) is 23.1 Å². The molecule has 1 N–H and O–H groups in total. The van der Waals surface area contributed by atoms with Crippen LogP contribution in [0.1, 0.15) is 25.3 Å². The Bertz CT molecular complexity index is 594. The molecule has 2 heterocycles. The van der Waals surface area contributed by atoms with Crippen molar-refractivity contribution in [1.82, 2.24) is 9.97 Å². The molecule has 2 aromatic rings. The van der Waals surface area contributed by atoms with E-state index < -0.39 is 0 Å². The fraction of sp³-hybridized carbons (Fsp3) is 0.412. The van der Waals surface area contributed by atoms with Crippen LogP contribution in [0.3, 0.4) is 0 Å². The van der Waals surface area contributed by atoms with Crippen molar-refractivity contribution in [2.75, 3.05) is 23.3 Å². The van der Waals surface area contributed by atoms with Crippen LogP contribution >= 0.6 is 0 Å². The van der Waals surface area contributed by atoms with Crippen LogP contribution in [-0.2, 0) is 0 Å². The van der Waals surface area contributed by atoms with Gasteiger partial charge in [0.15, 0.2) is 0 Å². The lowest BCUT2D eigenvalue weighted by atomic mass is 10.0. The maximum atomic E-state index is 4.65. The minimum absolute atomic E-state index is 0.662. The average Bonchev–Trinajstić information content (AvgIpc) is 2.50. The number of hydrogen-bond acceptors (Lipinski definition) is 4. The highest BCUT2D eigenvalue weighted by atomic mass is 15.2. The first-order valence-corrected chi connectivity index (χ1v) is 7.62. The molecule has 0 spiro atoms. The molecular weight excluding hydrogens is 260 g/mol. The van der Waals surface area contributed by atoms with E-state index in [0.29, 0.717) is 5.95 Å². The van der Waals surface area contributed by atoms with Gasteiger partial charge in [-0.2, -0.15) is 4.98 Å². The molecular formula is C17H22N4. The summed E-state index contributed by atoms with van der Waals surface area (Å²) in [6.45, 7) is 6.56. The zero-order chi connectivity index (χ0) is 14.7. The predicted molar refractivity (Wildman–Crippen MR) is 87.1 cm³/mol. The van der Waals surface area contributed by atoms with Crippen molar-refractivity contribution >= 4 is 17.5 Å². The van der Waals surface area contributed by atoms with Gasteiger partial charge in [-0.1, -0.05) is 24.6 Å². The molecule has 1 fully saturated rings. The van der Waals surface area contributed by atoms with E-state index in [1.807, 2.05) is 24.4 Å². The van der Waals surface area contributed by atoms with Crippen LogP contribution in [0.25, 0.3) is 0 Å². The highest BCUT2D eigenvalue weighted by molar-refractivity contribution is 5.55. The summed E-state index contributed by atoms with van der Waals surface area (Å²) in [6, 6.07) is 10.3. The number of benzene rings is 1. The Morgan fingerprint density at radius 3 is 2.76 bits per heavy atom. The van der Waals surface area contributed by atoms with Gasteiger partial charge in [0.2, 0.25) is 5.95 Å². The van der Waals surface area contributed by atoms with Gasteiger partial charge in [0.1, 0.15) is 5.82 Å². The number of aromatic nitrogens is 2. The summed E-state index contributed by atoms with van der Waals surface area (Å²) in [6.07, 6.45) is 4.39. The minimum atomic E-state index is 0.662. The minimum Gasteiger partial charge on any atom is -0.356 e. The molecule has 0 saturated carbocycles. The lowest BCUT2D eigenvalue weighted by molar-refractivity contribution is 0.444. The zero-order valence-corrected chi connectivity index (χ0v) is 12.7. The number of nitrogens with zero attached hydrogens (tertiary/aromatic N) is 3. The molecule has 1 saturated heterocycles. The fourth-order valence-electron chi connectivity index (χ4n) is 2.75. The molecule has 1 aromatic heterocycles. The Balaban J connectivity index is 1.75. The van der Waals surface area contributed by atoms with Crippen molar-refractivity contribution in [3.63, 3.8) is 0 Å². The van der Waals surface area contributed by atoms with Gasteiger partial charge in [0.05, 0.1) is 0 Å². The molecule has 1 aliphatic rings. The zero-order valence-electron chi connectivity index (χ0n) is 12.7. The lowest BCUT2D eigenvalue weighted by Crippen LogP contribution is -2.34. The maximum absolute atomic E-state index is 4.65. The van der Waals surface area contributed by atoms with Crippen LogP contribution in [0, 0.1) is 12.8 Å². The second-order valence-corrected chi connectivity index (χ2v) is 5.92. The maximum Gasteiger partial charge on any atom is 0.229 e. The molecule has 4 nitrogen and oxygen atoms in total. The van der Waals surface area contributed by atoms with Crippen molar-refractivity contribution < 1.29 is 0 Å². The molecule has 1 atom stereocenters. The Kier molecular flexibility index (Phi) is 4.04. The van der Waals surface area contributed by atoms with E-state index in [4.69, 9.17) is 0 Å². The van der Waals surface area contributed by atoms with E-state index in [1.165, 1.54) is 18.4 Å². The average molecular weight is 282 g/mol. The third-order valence-corrected chi connectivity index (χ3v) is 3.93. The summed E-state index contributed by atoms with van der Waals surface area (Å²) >= 11 is 0. The Hall–Kier alpha value is -2.10. The molecule has 0 aliphatic carbocycles. The van der Waals surface area contributed by atoms with E-state index >= 15 is 0 Å². The third-order valence-electron chi connectivity index (χ3n) is 3.93. The van der Waals surface area contributed by atoms with E-state index in [2.05, 4.69) is 46.2 Å². The van der Waals surface area contributed by atoms with Crippen LogP contribution < -0.4 is 10.2 Å². The van der Waals surface area contributed by atoms with Crippen molar-refractivity contribution in [2.45, 2.75) is 26.7 Å². The summed E-state index contributed by atoms with van der Waals surface area (Å²) < 4.78 is 0. The first-order valence-electron chi connectivity index (χ1n) is 7.62. The number of piperidine rings is 1. The van der Waals surface area contributed by atoms with Gasteiger partial charge in [0.25, 0.3) is 0 Å². The molecule has 3 rings (SSSR count). The predicted octanol–water partition coefficient (Wildman–Crippen LogP) is 3.76. The topological polar surface area (TPSA) is 41.1 Å². The normalized spacial score (nSPS) is 18.6. The number of anilines is 3. The molecule has 4 heteroatoms. The number of rotatable bonds is 3. The van der Waals surface area contributed by atoms with E-state index in [-0.39, 0.29) is 0 Å². The number of hydrogen-bond donors (Lipinski definition) is 1. The van der Waals surface area contributed by atoms with E-state index in [0.717, 1.165) is 30.5 Å². The summed E-state index contributed by atoms with van der Waals surface area (Å²) in [5.74, 6) is 2.42. The monoisotopic (exact) mass is 282 g/mol. The molecule has 0 radical (unpaired) electrons. The van der Waals surface area contributed by atoms with Gasteiger partial charge in [0, 0.05) is 25.0 Å².